The first kappa shape index (κ1) is 29.8. The molecule has 4 atom stereocenters. The van der Waals surface area contributed by atoms with E-state index in [1.54, 1.807) is 0 Å². The molecule has 33 heavy (non-hydrogen) atoms. The highest BCUT2D eigenvalue weighted by atomic mass is 16.4. The molecule has 13 nitrogen and oxygen atoms in total. The van der Waals surface area contributed by atoms with Crippen LogP contribution in [0.2, 0.25) is 0 Å². The molecular weight excluding hydrogens is 436 g/mol. The summed E-state index contributed by atoms with van der Waals surface area (Å²) in [7, 11) is 0. The third kappa shape index (κ3) is 13.0. The molecule has 13 heteroatoms. The minimum Gasteiger partial charge on any atom is -0.481 e. The average Bonchev–Trinajstić information content (AvgIpc) is 2.72. The number of guanidine groups is 1. The number of carbonyl (C=O) groups is 5. The molecule has 0 spiro atoms. The normalized spacial score (nSPS) is 14.3. The zero-order valence-corrected chi connectivity index (χ0v) is 19.1. The van der Waals surface area contributed by atoms with E-state index in [4.69, 9.17) is 27.4 Å². The summed E-state index contributed by atoms with van der Waals surface area (Å²) in [6.07, 6.45) is 1.08. The number of carboxylic acid groups (broad SMARTS) is 2. The van der Waals surface area contributed by atoms with E-state index in [9.17, 15) is 24.0 Å². The van der Waals surface area contributed by atoms with Crippen molar-refractivity contribution in [3.8, 4) is 0 Å². The molecule has 0 unspecified atom stereocenters. The summed E-state index contributed by atoms with van der Waals surface area (Å²) in [6, 6.07) is -3.39. The molecule has 0 heterocycles. The Bertz CT molecular complexity index is 724. The van der Waals surface area contributed by atoms with Crippen LogP contribution in [0.1, 0.15) is 58.8 Å². The third-order valence-electron chi connectivity index (χ3n) is 4.80. The van der Waals surface area contributed by atoms with Gasteiger partial charge < -0.3 is 38.0 Å². The maximum atomic E-state index is 12.8. The molecule has 0 saturated carbocycles. The number of hydrogen-bond acceptors (Lipinski definition) is 7. The Morgan fingerprint density at radius 3 is 2.03 bits per heavy atom. The van der Waals surface area contributed by atoms with E-state index in [0.29, 0.717) is 12.8 Å². The molecule has 0 fully saturated rings. The predicted molar refractivity (Wildman–Crippen MR) is 120 cm³/mol. The smallest absolute Gasteiger partial charge is 0.306 e. The lowest BCUT2D eigenvalue weighted by atomic mass is 9.97. The number of ketones is 1. The number of nitrogens with zero attached hydrogens (tertiary/aromatic N) is 1. The summed E-state index contributed by atoms with van der Waals surface area (Å²) in [5.41, 5.74) is 16.3. The highest BCUT2D eigenvalue weighted by Crippen LogP contribution is 2.09. The van der Waals surface area contributed by atoms with E-state index >= 15 is 0 Å². The lowest BCUT2D eigenvalue weighted by Crippen LogP contribution is -2.54. The van der Waals surface area contributed by atoms with Gasteiger partial charge in [-0.15, -0.1) is 0 Å². The molecule has 0 aliphatic carbocycles. The Morgan fingerprint density at radius 2 is 1.52 bits per heavy atom. The molecule has 2 amide bonds. The standard InChI is InChI=1S/C20H36N6O7/c1-3-4-7-13(25-17(30)12(21)6-5-8-24-20(22)23)18(31)26-14(10-16(28)29)15(27)9-11(2)19(32)33/h11-14H,3-10,21H2,1-2H3,(H,25,30)(H,26,31)(H,28,29)(H,32,33)(H4,22,23,24)/t11-,12-,13-,14-/m0/s1. The number of nitrogens with one attached hydrogen (secondary N) is 2. The molecule has 0 radical (unpaired) electrons. The van der Waals surface area contributed by atoms with Gasteiger partial charge in [0, 0.05) is 13.0 Å². The number of carboxylic acids is 2. The molecule has 0 rings (SSSR count). The molecule has 0 aliphatic heterocycles. The second-order valence-corrected chi connectivity index (χ2v) is 7.83. The van der Waals surface area contributed by atoms with Gasteiger partial charge >= 0.3 is 11.9 Å². The fraction of sp³-hybridized carbons (Fsp3) is 0.700. The van der Waals surface area contributed by atoms with Crippen molar-refractivity contribution in [3.63, 3.8) is 0 Å². The Hall–Kier alpha value is -3.22. The Balaban J connectivity index is 5.21. The van der Waals surface area contributed by atoms with E-state index in [2.05, 4.69) is 15.6 Å². The number of rotatable bonds is 17. The van der Waals surface area contributed by atoms with Gasteiger partial charge in [-0.05, 0) is 19.3 Å². The summed E-state index contributed by atoms with van der Waals surface area (Å²) in [5, 5.41) is 23.0. The van der Waals surface area contributed by atoms with E-state index in [-0.39, 0.29) is 25.3 Å². The number of carbonyl (C=O) groups excluding carboxylic acids is 3. The van der Waals surface area contributed by atoms with Gasteiger partial charge in [0.15, 0.2) is 11.7 Å². The van der Waals surface area contributed by atoms with Crippen molar-refractivity contribution in [1.29, 1.82) is 0 Å². The fourth-order valence-electron chi connectivity index (χ4n) is 2.83. The van der Waals surface area contributed by atoms with Gasteiger partial charge in [-0.2, -0.15) is 0 Å². The van der Waals surface area contributed by atoms with Crippen molar-refractivity contribution in [1.82, 2.24) is 10.6 Å². The number of amides is 2. The Morgan fingerprint density at radius 1 is 0.909 bits per heavy atom. The average molecular weight is 473 g/mol. The minimum absolute atomic E-state index is 0.0764. The van der Waals surface area contributed by atoms with Crippen molar-refractivity contribution >= 4 is 35.5 Å². The maximum Gasteiger partial charge on any atom is 0.306 e. The summed E-state index contributed by atoms with van der Waals surface area (Å²) in [4.78, 5) is 63.6. The number of aliphatic imine (C=N–C) groups is 1. The zero-order valence-electron chi connectivity index (χ0n) is 19.1. The molecule has 188 valence electrons. The molecule has 0 bridgehead atoms. The van der Waals surface area contributed by atoms with E-state index in [1.807, 2.05) is 6.92 Å². The van der Waals surface area contributed by atoms with Crippen LogP contribution in [-0.2, 0) is 24.0 Å². The van der Waals surface area contributed by atoms with Gasteiger partial charge in [-0.25, -0.2) is 0 Å². The van der Waals surface area contributed by atoms with Gasteiger partial charge in [0.05, 0.1) is 24.4 Å². The second kappa shape index (κ2) is 15.6. The maximum absolute atomic E-state index is 12.8. The van der Waals surface area contributed by atoms with Crippen LogP contribution < -0.4 is 27.8 Å². The van der Waals surface area contributed by atoms with Crippen LogP contribution in [0, 0.1) is 5.92 Å². The van der Waals surface area contributed by atoms with E-state index in [0.717, 1.165) is 6.42 Å². The Labute approximate surface area is 192 Å². The van der Waals surface area contributed by atoms with Crippen LogP contribution in [0.3, 0.4) is 0 Å². The monoisotopic (exact) mass is 472 g/mol. The van der Waals surface area contributed by atoms with Gasteiger partial charge in [0.25, 0.3) is 0 Å². The van der Waals surface area contributed by atoms with Crippen molar-refractivity contribution in [2.24, 2.45) is 28.1 Å². The highest BCUT2D eigenvalue weighted by Gasteiger charge is 2.30. The number of aliphatic carboxylic acids is 2. The van der Waals surface area contributed by atoms with Crippen molar-refractivity contribution in [3.05, 3.63) is 0 Å². The first-order valence-electron chi connectivity index (χ1n) is 10.8. The lowest BCUT2D eigenvalue weighted by Gasteiger charge is -2.23. The minimum atomic E-state index is -1.42. The summed E-state index contributed by atoms with van der Waals surface area (Å²) in [5.74, 6) is -5.73. The van der Waals surface area contributed by atoms with Crippen LogP contribution in [0.25, 0.3) is 0 Å². The van der Waals surface area contributed by atoms with Gasteiger partial charge in [0.2, 0.25) is 11.8 Å². The molecule has 0 aliphatic rings. The van der Waals surface area contributed by atoms with Crippen molar-refractivity contribution in [2.75, 3.05) is 6.54 Å². The molecule has 10 N–H and O–H groups in total. The number of unbranched alkanes of at least 4 members (excludes halogenated alkanes) is 1. The largest absolute Gasteiger partial charge is 0.481 e. The summed E-state index contributed by atoms with van der Waals surface area (Å²) < 4.78 is 0. The number of Topliss-reactive ketones (excluding diaryl/α,β-unsaturated/α-hetero) is 1. The lowest BCUT2D eigenvalue weighted by molar-refractivity contribution is -0.144. The van der Waals surface area contributed by atoms with Gasteiger partial charge in [-0.3, -0.25) is 29.0 Å². The van der Waals surface area contributed by atoms with Gasteiger partial charge in [-0.1, -0.05) is 26.7 Å². The SMILES string of the molecule is CCCC[C@H](NC(=O)[C@@H](N)CCCN=C(N)N)C(=O)N[C@@H](CC(=O)O)C(=O)C[C@H](C)C(=O)O. The summed E-state index contributed by atoms with van der Waals surface area (Å²) >= 11 is 0. The molecule has 0 aromatic rings. The van der Waals surface area contributed by atoms with E-state index < -0.39 is 66.4 Å². The number of nitrogens with two attached hydrogens (primary N) is 3. The fourth-order valence-corrected chi connectivity index (χ4v) is 2.83. The van der Waals surface area contributed by atoms with Crippen LogP contribution in [-0.4, -0.2) is 70.4 Å². The van der Waals surface area contributed by atoms with Gasteiger partial charge in [0.1, 0.15) is 6.04 Å². The van der Waals surface area contributed by atoms with Crippen molar-refractivity contribution < 1.29 is 34.2 Å². The zero-order chi connectivity index (χ0) is 25.6. The third-order valence-corrected chi connectivity index (χ3v) is 4.80. The molecule has 0 aromatic heterocycles. The molecular formula is C20H36N6O7. The first-order chi connectivity index (χ1) is 15.4. The van der Waals surface area contributed by atoms with E-state index in [1.165, 1.54) is 6.92 Å². The quantitative estimate of drug-likeness (QED) is 0.0748. The predicted octanol–water partition coefficient (Wildman–Crippen LogP) is -1.32. The molecule has 0 saturated heterocycles. The van der Waals surface area contributed by atoms with Crippen LogP contribution in [0.5, 0.6) is 0 Å². The van der Waals surface area contributed by atoms with Crippen LogP contribution >= 0.6 is 0 Å². The highest BCUT2D eigenvalue weighted by molar-refractivity contribution is 5.96. The van der Waals surface area contributed by atoms with Crippen molar-refractivity contribution in [2.45, 2.75) is 76.9 Å². The second-order valence-electron chi connectivity index (χ2n) is 7.83. The number of hydrogen-bond donors (Lipinski definition) is 7. The van der Waals surface area contributed by atoms with Crippen LogP contribution in [0.4, 0.5) is 0 Å². The first-order valence-corrected chi connectivity index (χ1v) is 10.8. The topological polar surface area (TPSA) is 240 Å². The Kier molecular flexibility index (Phi) is 14.0. The van der Waals surface area contributed by atoms with Crippen LogP contribution in [0.15, 0.2) is 4.99 Å². The summed E-state index contributed by atoms with van der Waals surface area (Å²) in [6.45, 7) is 3.48. The molecule has 0 aromatic carbocycles.